The van der Waals surface area contributed by atoms with Gasteiger partial charge in [-0.2, -0.15) is 0 Å². The van der Waals surface area contributed by atoms with Gasteiger partial charge >= 0.3 is 17.7 Å². The molecule has 0 saturated carbocycles. The minimum Gasteiger partial charge on any atom is -0.507 e. The van der Waals surface area contributed by atoms with E-state index in [0.717, 1.165) is 60.2 Å². The average Bonchev–Trinajstić information content (AvgIpc) is 1.60. The molecule has 38 heteroatoms. The van der Waals surface area contributed by atoms with Crippen LogP contribution in [0.1, 0.15) is 115 Å². The second-order valence-electron chi connectivity index (χ2n) is 29.6. The largest absolute Gasteiger partial charge is 0.507 e. The van der Waals surface area contributed by atoms with E-state index in [1.165, 1.54) is 68.2 Å². The van der Waals surface area contributed by atoms with Crippen LogP contribution in [0.5, 0.6) is 51.7 Å². The number of hydrogen-bond donors (Lipinski definition) is 4. The van der Waals surface area contributed by atoms with Crippen LogP contribution >= 0.6 is 69.3 Å². The maximum atomic E-state index is 14.1. The number of aliphatic carboxylic acids is 1. The molecule has 0 aliphatic carbocycles. The van der Waals surface area contributed by atoms with Crippen LogP contribution < -0.4 is 57.3 Å². The lowest BCUT2D eigenvalue weighted by molar-refractivity contribution is -0.134. The van der Waals surface area contributed by atoms with Crippen molar-refractivity contribution in [2.75, 3.05) is 74.2 Å². The quantitative estimate of drug-likeness (QED) is 0.0122. The summed E-state index contributed by atoms with van der Waals surface area (Å²) in [6.45, 7) is 10.8. The number of amides is 3. The molecule has 29 nitrogen and oxygen atoms in total. The number of halogens is 3. The zero-order chi connectivity index (χ0) is 93.3. The fraction of sp³-hybridized carbons (Fsp3) is 0.232. The Kier molecular flexibility index (Phi) is 30.7. The summed E-state index contributed by atoms with van der Waals surface area (Å²) < 4.78 is 95.1. The van der Waals surface area contributed by atoms with Gasteiger partial charge in [-0.3, -0.25) is 48.3 Å². The molecule has 3 atom stereocenters. The third-order valence-corrected chi connectivity index (χ3v) is 26.8. The van der Waals surface area contributed by atoms with Gasteiger partial charge in [-0.1, -0.05) is 181 Å². The van der Waals surface area contributed by atoms with Crippen molar-refractivity contribution < 1.29 is 110 Å². The molecule has 0 spiro atoms. The standard InChI is InChI=1S/3C31H26FN3O6S2.C2H4O2/c3*1-2-12-39-21-8-5-7-18(15-21)26-25(27(36)19-10-11-23-24(16-19)41-14-13-40-23)28(37)29(38)35(26)30-33-34-31(43-30)42-17-20-6-3-4-9-22(20)32;1-2(3)4/h3*3-11,15-16,26,36H,2,12-14,17H2,1H3;1H3,(H,3,4). The molecule has 4 N–H and O–H groups in total. The molecule has 6 aliphatic rings. The number of hydrogen-bond acceptors (Lipinski definition) is 31. The summed E-state index contributed by atoms with van der Waals surface area (Å²) in [5.74, 6) is -2.60. The number of fused-ring (bicyclic) bond motifs is 3. The highest BCUT2D eigenvalue weighted by Gasteiger charge is 2.52. The number of aliphatic hydroxyl groups is 3. The molecule has 18 rings (SSSR count). The van der Waals surface area contributed by atoms with Crippen molar-refractivity contribution in [1.29, 1.82) is 0 Å². The highest BCUT2D eigenvalue weighted by atomic mass is 32.2. The first-order valence-electron chi connectivity index (χ1n) is 41.7. The topological polar surface area (TPSA) is 371 Å². The van der Waals surface area contributed by atoms with Crippen LogP contribution in [-0.2, 0) is 50.8 Å². The van der Waals surface area contributed by atoms with E-state index >= 15 is 0 Å². The highest BCUT2D eigenvalue weighted by Crippen LogP contribution is 2.51. The first kappa shape index (κ1) is 93.9. The van der Waals surface area contributed by atoms with Gasteiger partial charge in [-0.15, -0.1) is 30.6 Å². The molecule has 9 heterocycles. The summed E-state index contributed by atoms with van der Waals surface area (Å²) in [4.78, 5) is 94.3. The average molecular weight is 1920 g/mol. The van der Waals surface area contributed by atoms with Crippen molar-refractivity contribution in [3.8, 4) is 51.7 Å². The summed E-state index contributed by atoms with van der Waals surface area (Å²) >= 11 is 7.12. The number of carbonyl (C=O) groups excluding carboxylic acids is 6. The van der Waals surface area contributed by atoms with E-state index in [1.54, 1.807) is 182 Å². The van der Waals surface area contributed by atoms with Gasteiger partial charge in [0.2, 0.25) is 15.4 Å². The van der Waals surface area contributed by atoms with E-state index in [1.807, 2.05) is 20.8 Å². The zero-order valence-corrected chi connectivity index (χ0v) is 76.2. The summed E-state index contributed by atoms with van der Waals surface area (Å²) in [6, 6.07) is 52.0. The first-order valence-corrected chi connectivity index (χ1v) is 47.1. The summed E-state index contributed by atoms with van der Waals surface area (Å²) in [6.07, 6.45) is 2.39. The number of carbonyl (C=O) groups is 7. The van der Waals surface area contributed by atoms with Gasteiger partial charge in [0.1, 0.15) is 91.6 Å². The number of ketones is 3. The number of aromatic nitrogens is 6. The number of nitrogens with zero attached hydrogens (tertiary/aromatic N) is 9. The minimum absolute atomic E-state index is 0.106. The number of aliphatic hydroxyl groups excluding tert-OH is 3. The molecule has 12 aromatic rings. The third kappa shape index (κ3) is 21.7. The van der Waals surface area contributed by atoms with E-state index < -0.39 is 59.2 Å². The molecule has 684 valence electrons. The van der Waals surface area contributed by atoms with Gasteiger partial charge in [-0.05, 0) is 162 Å². The summed E-state index contributed by atoms with van der Waals surface area (Å²) in [7, 11) is 0. The molecule has 9 aromatic carbocycles. The fourth-order valence-corrected chi connectivity index (χ4v) is 20.0. The Balaban J connectivity index is 0.000000149. The Morgan fingerprint density at radius 2 is 0.632 bits per heavy atom. The van der Waals surface area contributed by atoms with Gasteiger partial charge in [0.25, 0.3) is 23.3 Å². The van der Waals surface area contributed by atoms with Gasteiger partial charge < -0.3 is 63.1 Å². The van der Waals surface area contributed by atoms with Crippen LogP contribution in [0.2, 0.25) is 0 Å². The Bertz CT molecular complexity index is 5890. The summed E-state index contributed by atoms with van der Waals surface area (Å²) in [5, 5.41) is 67.8. The molecule has 6 aliphatic heterocycles. The first-order chi connectivity index (χ1) is 64.6. The monoisotopic (exact) mass is 1920 g/mol. The second-order valence-corrected chi connectivity index (χ2v) is 36.1. The zero-order valence-electron chi connectivity index (χ0n) is 71.3. The number of carboxylic acid groups (broad SMARTS) is 1. The van der Waals surface area contributed by atoms with E-state index in [9.17, 15) is 57.3 Å². The molecular formula is C95H82F3N9O20S6. The van der Waals surface area contributed by atoms with Gasteiger partial charge in [0, 0.05) is 40.9 Å². The predicted octanol–water partition coefficient (Wildman–Crippen LogP) is 18.6. The molecule has 0 radical (unpaired) electrons. The lowest BCUT2D eigenvalue weighted by atomic mass is 9.95. The maximum absolute atomic E-state index is 14.1. The molecule has 133 heavy (non-hydrogen) atoms. The van der Waals surface area contributed by atoms with E-state index in [0.29, 0.717) is 192 Å². The lowest BCUT2D eigenvalue weighted by Gasteiger charge is -2.23. The number of Topliss-reactive ketones (excluding diaryl/α,β-unsaturated/α-hetero) is 3. The smallest absolute Gasteiger partial charge is 0.301 e. The molecule has 0 bridgehead atoms. The number of anilines is 3. The van der Waals surface area contributed by atoms with Crippen LogP contribution in [0.4, 0.5) is 28.6 Å². The maximum Gasteiger partial charge on any atom is 0.301 e. The van der Waals surface area contributed by atoms with E-state index in [2.05, 4.69) is 30.6 Å². The SMILES string of the molecule is CC(=O)O.CCCOc1cccc(C2C(=C(O)c3ccc4c(c3)OCCO4)C(=O)C(=O)N2c2nnc(SCc3ccccc3F)s2)c1.CCCOc1cccc(C2C(=C(O)c3ccc4c(c3)OCCO4)C(=O)C(=O)N2c2nnc(SCc3ccccc3F)s2)c1.CCCOc1cccc(C2C(=C(O)c3ccc4c(c3)OCCO4)C(=O)C(=O)N2c2nnc(SCc3ccccc3F)s2)c1. The van der Waals surface area contributed by atoms with Gasteiger partial charge in [0.05, 0.1) is 54.7 Å². The Labute approximate surface area is 783 Å². The number of benzene rings is 9. The third-order valence-electron chi connectivity index (χ3n) is 20.5. The normalized spacial score (nSPS) is 17.0. The van der Waals surface area contributed by atoms with Crippen molar-refractivity contribution in [3.63, 3.8) is 0 Å². The molecule has 3 saturated heterocycles. The minimum atomic E-state index is -1.02. The molecule has 3 amide bonds. The molecule has 3 unspecified atom stereocenters. The Hall–Kier alpha value is -13.8. The van der Waals surface area contributed by atoms with E-state index in [4.69, 9.17) is 52.5 Å². The van der Waals surface area contributed by atoms with Crippen LogP contribution in [0, 0.1) is 17.5 Å². The van der Waals surface area contributed by atoms with Crippen molar-refractivity contribution in [2.24, 2.45) is 0 Å². The highest BCUT2D eigenvalue weighted by molar-refractivity contribution is 8.00. The number of carboxylic acids is 1. The number of ether oxygens (including phenoxy) is 9. The van der Waals surface area contributed by atoms with Crippen LogP contribution in [-0.4, -0.2) is 152 Å². The Morgan fingerprint density at radius 1 is 0.368 bits per heavy atom. The number of thioether (sulfide) groups is 3. The molecule has 3 aromatic heterocycles. The molecular weight excluding hydrogens is 1840 g/mol. The van der Waals surface area contributed by atoms with E-state index in [-0.39, 0.29) is 66.8 Å². The van der Waals surface area contributed by atoms with Crippen molar-refractivity contribution >= 4 is 143 Å². The fourth-order valence-electron chi connectivity index (χ4n) is 14.4. The van der Waals surface area contributed by atoms with Crippen LogP contribution in [0.15, 0.2) is 230 Å². The van der Waals surface area contributed by atoms with Crippen molar-refractivity contribution in [2.45, 2.75) is 95.4 Å². The molecule has 3 fully saturated rings. The number of rotatable bonds is 27. The van der Waals surface area contributed by atoms with Crippen molar-refractivity contribution in [3.05, 3.63) is 284 Å². The summed E-state index contributed by atoms with van der Waals surface area (Å²) in [5.41, 5.74) is 3.72. The van der Waals surface area contributed by atoms with Crippen LogP contribution in [0.3, 0.4) is 0 Å². The van der Waals surface area contributed by atoms with Crippen LogP contribution in [0.25, 0.3) is 17.3 Å². The second kappa shape index (κ2) is 43.5. The van der Waals surface area contributed by atoms with Crippen molar-refractivity contribution in [1.82, 2.24) is 30.6 Å². The Morgan fingerprint density at radius 3 is 0.895 bits per heavy atom. The van der Waals surface area contributed by atoms with Gasteiger partial charge in [0.15, 0.2) is 47.5 Å². The lowest BCUT2D eigenvalue weighted by Crippen LogP contribution is -2.29. The van der Waals surface area contributed by atoms with Gasteiger partial charge in [-0.25, -0.2) is 13.2 Å². The predicted molar refractivity (Wildman–Crippen MR) is 494 cm³/mol.